The Hall–Kier alpha value is 0.290. The summed E-state index contributed by atoms with van der Waals surface area (Å²) in [5.41, 5.74) is 0. The monoisotopic (exact) mass is 216 g/mol. The second-order valence-corrected chi connectivity index (χ2v) is 5.62. The molecular formula is C13H25Cl. The van der Waals surface area contributed by atoms with E-state index in [9.17, 15) is 0 Å². The Balaban J connectivity index is 2.53. The second kappa shape index (κ2) is 6.00. The highest BCUT2D eigenvalue weighted by Gasteiger charge is 2.28. The van der Waals surface area contributed by atoms with Crippen molar-refractivity contribution >= 4 is 11.6 Å². The highest BCUT2D eigenvalue weighted by molar-refractivity contribution is 6.20. The first-order valence-corrected chi connectivity index (χ1v) is 6.74. The zero-order chi connectivity index (χ0) is 10.6. The summed E-state index contributed by atoms with van der Waals surface area (Å²) in [6, 6.07) is 0. The van der Waals surface area contributed by atoms with Crippen LogP contribution in [-0.4, -0.2) is 5.38 Å². The maximum atomic E-state index is 6.48. The molecule has 0 aromatic heterocycles. The SMILES string of the molecule is CCC(C)C(C)C1CCCCCC1Cl. The third-order valence-electron chi connectivity index (χ3n) is 4.20. The zero-order valence-electron chi connectivity index (χ0n) is 9.93. The van der Waals surface area contributed by atoms with E-state index in [2.05, 4.69) is 20.8 Å². The van der Waals surface area contributed by atoms with Gasteiger partial charge in [-0.2, -0.15) is 0 Å². The molecule has 14 heavy (non-hydrogen) atoms. The van der Waals surface area contributed by atoms with Crippen LogP contribution in [-0.2, 0) is 0 Å². The van der Waals surface area contributed by atoms with E-state index in [0.717, 1.165) is 17.8 Å². The van der Waals surface area contributed by atoms with Crippen molar-refractivity contribution in [2.75, 3.05) is 0 Å². The Bertz CT molecular complexity index is 155. The summed E-state index contributed by atoms with van der Waals surface area (Å²) in [6.07, 6.45) is 8.04. The Morgan fingerprint density at radius 1 is 1.14 bits per heavy atom. The van der Waals surface area contributed by atoms with E-state index in [0.29, 0.717) is 5.38 Å². The van der Waals surface area contributed by atoms with Crippen LogP contribution in [0, 0.1) is 17.8 Å². The minimum atomic E-state index is 0.446. The van der Waals surface area contributed by atoms with Gasteiger partial charge in [-0.05, 0) is 30.6 Å². The predicted molar refractivity (Wildman–Crippen MR) is 64.8 cm³/mol. The summed E-state index contributed by atoms with van der Waals surface area (Å²) in [4.78, 5) is 0. The molecule has 0 heterocycles. The van der Waals surface area contributed by atoms with Crippen LogP contribution in [0.1, 0.15) is 59.3 Å². The van der Waals surface area contributed by atoms with Crippen LogP contribution < -0.4 is 0 Å². The number of alkyl halides is 1. The molecule has 4 atom stereocenters. The summed E-state index contributed by atoms with van der Waals surface area (Å²) in [6.45, 7) is 7.07. The number of hydrogen-bond acceptors (Lipinski definition) is 0. The summed E-state index contributed by atoms with van der Waals surface area (Å²) in [5.74, 6) is 2.41. The maximum absolute atomic E-state index is 6.48. The van der Waals surface area contributed by atoms with Crippen LogP contribution in [0.2, 0.25) is 0 Å². The number of rotatable bonds is 3. The highest BCUT2D eigenvalue weighted by Crippen LogP contribution is 2.36. The molecule has 0 aromatic carbocycles. The second-order valence-electron chi connectivity index (χ2n) is 5.06. The molecule has 1 aliphatic rings. The van der Waals surface area contributed by atoms with Crippen molar-refractivity contribution in [3.05, 3.63) is 0 Å². The minimum Gasteiger partial charge on any atom is -0.123 e. The molecule has 0 aliphatic heterocycles. The van der Waals surface area contributed by atoms with Gasteiger partial charge in [0.25, 0.3) is 0 Å². The summed E-state index contributed by atoms with van der Waals surface area (Å²) in [7, 11) is 0. The van der Waals surface area contributed by atoms with E-state index in [1.54, 1.807) is 0 Å². The number of halogens is 1. The van der Waals surface area contributed by atoms with Crippen LogP contribution in [0.5, 0.6) is 0 Å². The van der Waals surface area contributed by atoms with Gasteiger partial charge in [-0.3, -0.25) is 0 Å². The Morgan fingerprint density at radius 2 is 1.79 bits per heavy atom. The molecule has 0 amide bonds. The van der Waals surface area contributed by atoms with E-state index in [1.165, 1.54) is 38.5 Å². The van der Waals surface area contributed by atoms with Crippen LogP contribution >= 0.6 is 11.6 Å². The van der Waals surface area contributed by atoms with Gasteiger partial charge in [0.2, 0.25) is 0 Å². The molecule has 84 valence electrons. The maximum Gasteiger partial charge on any atom is 0.0366 e. The molecule has 1 aliphatic carbocycles. The Kier molecular flexibility index (Phi) is 5.30. The van der Waals surface area contributed by atoms with Gasteiger partial charge in [-0.15, -0.1) is 11.6 Å². The normalized spacial score (nSPS) is 33.4. The van der Waals surface area contributed by atoms with Gasteiger partial charge in [-0.1, -0.05) is 46.5 Å². The summed E-state index contributed by atoms with van der Waals surface area (Å²) in [5, 5.41) is 0.446. The van der Waals surface area contributed by atoms with Gasteiger partial charge < -0.3 is 0 Å². The molecule has 0 nitrogen and oxygen atoms in total. The van der Waals surface area contributed by atoms with Crippen molar-refractivity contribution in [2.45, 2.75) is 64.7 Å². The first-order valence-electron chi connectivity index (χ1n) is 6.30. The van der Waals surface area contributed by atoms with Gasteiger partial charge >= 0.3 is 0 Å². The van der Waals surface area contributed by atoms with Gasteiger partial charge in [0.05, 0.1) is 0 Å². The zero-order valence-corrected chi connectivity index (χ0v) is 10.7. The molecule has 0 radical (unpaired) electrons. The largest absolute Gasteiger partial charge is 0.123 e. The Labute approximate surface area is 94.4 Å². The van der Waals surface area contributed by atoms with E-state index in [4.69, 9.17) is 11.6 Å². The highest BCUT2D eigenvalue weighted by atomic mass is 35.5. The predicted octanol–water partition coefficient (Wildman–Crippen LogP) is 4.86. The molecule has 0 aromatic rings. The van der Waals surface area contributed by atoms with Crippen molar-refractivity contribution in [3.63, 3.8) is 0 Å². The lowest BCUT2D eigenvalue weighted by molar-refractivity contribution is 0.237. The molecule has 1 heteroatoms. The van der Waals surface area contributed by atoms with Gasteiger partial charge in [-0.25, -0.2) is 0 Å². The quantitative estimate of drug-likeness (QED) is 0.467. The summed E-state index contributed by atoms with van der Waals surface area (Å²) >= 11 is 6.48. The van der Waals surface area contributed by atoms with E-state index in [1.807, 2.05) is 0 Å². The van der Waals surface area contributed by atoms with Gasteiger partial charge in [0.15, 0.2) is 0 Å². The molecular weight excluding hydrogens is 192 g/mol. The minimum absolute atomic E-state index is 0.446. The van der Waals surface area contributed by atoms with Gasteiger partial charge in [0.1, 0.15) is 0 Å². The Morgan fingerprint density at radius 3 is 2.43 bits per heavy atom. The third kappa shape index (κ3) is 3.15. The fourth-order valence-corrected chi connectivity index (χ4v) is 3.19. The van der Waals surface area contributed by atoms with Crippen molar-refractivity contribution < 1.29 is 0 Å². The van der Waals surface area contributed by atoms with E-state index < -0.39 is 0 Å². The molecule has 1 rings (SSSR count). The molecule has 4 unspecified atom stereocenters. The molecule has 0 spiro atoms. The lowest BCUT2D eigenvalue weighted by Gasteiger charge is -2.30. The lowest BCUT2D eigenvalue weighted by atomic mass is 9.78. The van der Waals surface area contributed by atoms with Crippen molar-refractivity contribution in [2.24, 2.45) is 17.8 Å². The molecule has 0 N–H and O–H groups in total. The number of hydrogen-bond donors (Lipinski definition) is 0. The standard InChI is InChI=1S/C13H25Cl/c1-4-10(2)11(3)12-8-6-5-7-9-13(12)14/h10-13H,4-9H2,1-3H3. The van der Waals surface area contributed by atoms with Crippen LogP contribution in [0.4, 0.5) is 0 Å². The third-order valence-corrected chi connectivity index (χ3v) is 4.74. The first-order chi connectivity index (χ1) is 6.66. The fourth-order valence-electron chi connectivity index (χ4n) is 2.68. The first kappa shape index (κ1) is 12.4. The topological polar surface area (TPSA) is 0 Å². The van der Waals surface area contributed by atoms with Crippen LogP contribution in [0.3, 0.4) is 0 Å². The van der Waals surface area contributed by atoms with Crippen molar-refractivity contribution in [3.8, 4) is 0 Å². The lowest BCUT2D eigenvalue weighted by Crippen LogP contribution is -2.25. The summed E-state index contributed by atoms with van der Waals surface area (Å²) < 4.78 is 0. The van der Waals surface area contributed by atoms with E-state index >= 15 is 0 Å². The van der Waals surface area contributed by atoms with Crippen molar-refractivity contribution in [1.29, 1.82) is 0 Å². The van der Waals surface area contributed by atoms with E-state index in [-0.39, 0.29) is 0 Å². The van der Waals surface area contributed by atoms with Gasteiger partial charge in [0, 0.05) is 5.38 Å². The fraction of sp³-hybridized carbons (Fsp3) is 1.00. The van der Waals surface area contributed by atoms with Crippen molar-refractivity contribution in [1.82, 2.24) is 0 Å². The molecule has 0 saturated heterocycles. The average Bonchev–Trinajstić information content (AvgIpc) is 2.40. The average molecular weight is 217 g/mol. The molecule has 1 fully saturated rings. The molecule has 0 bridgehead atoms. The van der Waals surface area contributed by atoms with Crippen LogP contribution in [0.25, 0.3) is 0 Å². The smallest absolute Gasteiger partial charge is 0.0366 e. The van der Waals surface area contributed by atoms with Crippen LogP contribution in [0.15, 0.2) is 0 Å². The molecule has 1 saturated carbocycles.